The predicted octanol–water partition coefficient (Wildman–Crippen LogP) is 14.2. The van der Waals surface area contributed by atoms with Crippen LogP contribution in [0.25, 0.3) is 97.0 Å². The van der Waals surface area contributed by atoms with Crippen LogP contribution in [0.3, 0.4) is 0 Å². The number of thiophene rings is 1. The van der Waals surface area contributed by atoms with Gasteiger partial charge >= 0.3 is 0 Å². The minimum Gasteiger partial charge on any atom is -0.135 e. The van der Waals surface area contributed by atoms with Crippen LogP contribution in [0.4, 0.5) is 0 Å². The number of hydrogen-bond donors (Lipinski definition) is 0. The molecule has 228 valence electrons. The molecule has 0 amide bonds. The van der Waals surface area contributed by atoms with E-state index < -0.39 is 0 Å². The zero-order valence-corrected chi connectivity index (χ0v) is 27.5. The molecule has 0 saturated carbocycles. The Kier molecular flexibility index (Phi) is 6.47. The zero-order valence-electron chi connectivity index (χ0n) is 26.7. The molecule has 0 atom stereocenters. The van der Waals surface area contributed by atoms with Crippen molar-refractivity contribution in [1.82, 2.24) is 0 Å². The van der Waals surface area contributed by atoms with E-state index in [4.69, 9.17) is 0 Å². The Hall–Kier alpha value is -6.02. The summed E-state index contributed by atoms with van der Waals surface area (Å²) in [6, 6.07) is 66.9. The Morgan fingerprint density at radius 3 is 1.51 bits per heavy atom. The van der Waals surface area contributed by atoms with Crippen LogP contribution in [-0.4, -0.2) is 0 Å². The highest BCUT2D eigenvalue weighted by Crippen LogP contribution is 2.48. The van der Waals surface area contributed by atoms with E-state index in [9.17, 15) is 0 Å². The molecule has 10 rings (SSSR count). The standard InChI is InChI=1S/C48H30S/c1-3-13-31(14-4-1)33-17-11-18-36(27-33)46-38-19-7-9-21-40(38)47(41-22-10-8-20-39(41)46)42-23-12-24-44-48(42)43-29-37-28-34(32-15-5-2-6-16-32)25-26-35(37)30-45(43)49-44/h1-30H. The fraction of sp³-hybridized carbons (Fsp3) is 0. The summed E-state index contributed by atoms with van der Waals surface area (Å²) in [6.07, 6.45) is 0. The van der Waals surface area contributed by atoms with Crippen LogP contribution in [0.5, 0.6) is 0 Å². The number of rotatable bonds is 4. The Labute approximate surface area is 289 Å². The Morgan fingerprint density at radius 1 is 0.286 bits per heavy atom. The molecule has 0 fully saturated rings. The summed E-state index contributed by atoms with van der Waals surface area (Å²) >= 11 is 1.90. The predicted molar refractivity (Wildman–Crippen MR) is 214 cm³/mol. The van der Waals surface area contributed by atoms with Gasteiger partial charge in [0.1, 0.15) is 0 Å². The minimum absolute atomic E-state index is 1.23. The Bertz CT molecular complexity index is 2800. The van der Waals surface area contributed by atoms with Crippen LogP contribution in [0.1, 0.15) is 0 Å². The third kappa shape index (κ3) is 4.58. The van der Waals surface area contributed by atoms with Crippen molar-refractivity contribution in [2.45, 2.75) is 0 Å². The van der Waals surface area contributed by atoms with Gasteiger partial charge in [-0.2, -0.15) is 0 Å². The lowest BCUT2D eigenvalue weighted by atomic mass is 9.84. The molecule has 0 spiro atoms. The van der Waals surface area contributed by atoms with Gasteiger partial charge in [0, 0.05) is 20.2 Å². The van der Waals surface area contributed by atoms with Crippen molar-refractivity contribution in [3.8, 4) is 44.5 Å². The quantitative estimate of drug-likeness (QED) is 0.168. The first-order valence-corrected chi connectivity index (χ1v) is 17.7. The van der Waals surface area contributed by atoms with E-state index in [-0.39, 0.29) is 0 Å². The Morgan fingerprint density at radius 2 is 0.837 bits per heavy atom. The molecule has 49 heavy (non-hydrogen) atoms. The number of fused-ring (bicyclic) bond motifs is 6. The largest absolute Gasteiger partial charge is 0.135 e. The van der Waals surface area contributed by atoms with E-state index in [2.05, 4.69) is 182 Å². The molecule has 0 aliphatic heterocycles. The van der Waals surface area contributed by atoms with E-state index in [1.807, 2.05) is 11.3 Å². The van der Waals surface area contributed by atoms with Gasteiger partial charge in [-0.3, -0.25) is 0 Å². The zero-order chi connectivity index (χ0) is 32.3. The van der Waals surface area contributed by atoms with E-state index in [1.165, 1.54) is 97.0 Å². The number of benzene rings is 9. The fourth-order valence-electron chi connectivity index (χ4n) is 7.80. The summed E-state index contributed by atoms with van der Waals surface area (Å²) in [5.74, 6) is 0. The van der Waals surface area contributed by atoms with Crippen molar-refractivity contribution in [3.05, 3.63) is 182 Å². The van der Waals surface area contributed by atoms with Crippen LogP contribution in [-0.2, 0) is 0 Å². The van der Waals surface area contributed by atoms with E-state index in [0.717, 1.165) is 0 Å². The molecule has 1 heteroatoms. The smallest absolute Gasteiger partial charge is 0.0362 e. The molecule has 0 aliphatic rings. The topological polar surface area (TPSA) is 0 Å². The average molecular weight is 639 g/mol. The molecule has 9 aromatic carbocycles. The monoisotopic (exact) mass is 638 g/mol. The van der Waals surface area contributed by atoms with E-state index >= 15 is 0 Å². The molecule has 0 unspecified atom stereocenters. The number of hydrogen-bond acceptors (Lipinski definition) is 1. The molecule has 0 aliphatic carbocycles. The molecule has 0 bridgehead atoms. The highest BCUT2D eigenvalue weighted by molar-refractivity contribution is 7.26. The first-order chi connectivity index (χ1) is 24.3. The summed E-state index contributed by atoms with van der Waals surface area (Å²) < 4.78 is 2.64. The van der Waals surface area contributed by atoms with Gasteiger partial charge in [-0.15, -0.1) is 11.3 Å². The second-order valence-electron chi connectivity index (χ2n) is 12.8. The van der Waals surface area contributed by atoms with E-state index in [1.54, 1.807) is 0 Å². The summed E-state index contributed by atoms with van der Waals surface area (Å²) in [4.78, 5) is 0. The van der Waals surface area contributed by atoms with Gasteiger partial charge in [0.05, 0.1) is 0 Å². The van der Waals surface area contributed by atoms with Gasteiger partial charge in [-0.05, 0) is 107 Å². The van der Waals surface area contributed by atoms with Gasteiger partial charge in [0.15, 0.2) is 0 Å². The van der Waals surface area contributed by atoms with Crippen LogP contribution >= 0.6 is 11.3 Å². The summed E-state index contributed by atoms with van der Waals surface area (Å²) in [5, 5.41) is 10.3. The molecule has 0 saturated heterocycles. The molecule has 1 aromatic heterocycles. The highest BCUT2D eigenvalue weighted by atomic mass is 32.1. The lowest BCUT2D eigenvalue weighted by Crippen LogP contribution is -1.91. The second-order valence-corrected chi connectivity index (χ2v) is 13.9. The Balaban J connectivity index is 1.25. The molecule has 10 aromatic rings. The summed E-state index contributed by atoms with van der Waals surface area (Å²) in [6.45, 7) is 0. The van der Waals surface area contributed by atoms with Crippen LogP contribution in [0.2, 0.25) is 0 Å². The van der Waals surface area contributed by atoms with Crippen LogP contribution < -0.4 is 0 Å². The molecule has 0 radical (unpaired) electrons. The lowest BCUT2D eigenvalue weighted by molar-refractivity contribution is 1.61. The van der Waals surface area contributed by atoms with Gasteiger partial charge < -0.3 is 0 Å². The highest BCUT2D eigenvalue weighted by Gasteiger charge is 2.20. The van der Waals surface area contributed by atoms with Crippen LogP contribution in [0, 0.1) is 0 Å². The molecule has 1 heterocycles. The van der Waals surface area contributed by atoms with Gasteiger partial charge in [0.2, 0.25) is 0 Å². The van der Waals surface area contributed by atoms with Crippen LogP contribution in [0.15, 0.2) is 182 Å². The first kappa shape index (κ1) is 28.0. The SMILES string of the molecule is c1ccc(-c2cccc(-c3c4ccccc4c(-c4cccc5sc6cc7ccc(-c8ccccc8)cc7cc6c45)c4ccccc34)c2)cc1. The first-order valence-electron chi connectivity index (χ1n) is 16.8. The van der Waals surface area contributed by atoms with Crippen molar-refractivity contribution in [1.29, 1.82) is 0 Å². The lowest BCUT2D eigenvalue weighted by Gasteiger charge is -2.19. The summed E-state index contributed by atoms with van der Waals surface area (Å²) in [5.41, 5.74) is 10.1. The third-order valence-electron chi connectivity index (χ3n) is 10.0. The average Bonchev–Trinajstić information content (AvgIpc) is 3.54. The molecule has 0 N–H and O–H groups in total. The molecular formula is C48H30S. The minimum atomic E-state index is 1.23. The van der Waals surface area contributed by atoms with Gasteiger partial charge in [-0.25, -0.2) is 0 Å². The van der Waals surface area contributed by atoms with Gasteiger partial charge in [0.25, 0.3) is 0 Å². The van der Waals surface area contributed by atoms with Crippen molar-refractivity contribution >= 4 is 63.8 Å². The maximum Gasteiger partial charge on any atom is 0.0362 e. The van der Waals surface area contributed by atoms with Crippen molar-refractivity contribution < 1.29 is 0 Å². The molecular weight excluding hydrogens is 609 g/mol. The maximum absolute atomic E-state index is 2.42. The van der Waals surface area contributed by atoms with Crippen molar-refractivity contribution in [3.63, 3.8) is 0 Å². The maximum atomic E-state index is 2.42. The normalized spacial score (nSPS) is 11.7. The van der Waals surface area contributed by atoms with E-state index in [0.29, 0.717) is 0 Å². The molecule has 0 nitrogen and oxygen atoms in total. The van der Waals surface area contributed by atoms with Crippen molar-refractivity contribution in [2.24, 2.45) is 0 Å². The second kappa shape index (κ2) is 11.3. The third-order valence-corrected chi connectivity index (χ3v) is 11.1. The fourth-order valence-corrected chi connectivity index (χ4v) is 8.96. The summed E-state index contributed by atoms with van der Waals surface area (Å²) in [7, 11) is 0. The van der Waals surface area contributed by atoms with Crippen molar-refractivity contribution in [2.75, 3.05) is 0 Å². The van der Waals surface area contributed by atoms with Gasteiger partial charge in [-0.1, -0.05) is 152 Å².